The van der Waals surface area contributed by atoms with Gasteiger partial charge in [-0.1, -0.05) is 24.3 Å². The van der Waals surface area contributed by atoms with E-state index in [1.165, 1.54) is 12.1 Å². The number of aromatic carboxylic acids is 1. The van der Waals surface area contributed by atoms with Crippen molar-refractivity contribution in [2.24, 2.45) is 0 Å². The SMILES string of the molecule is Cc1ccccc1CN1C(=O)C(C)Oc2ccc(C(=O)O)cc21. The second-order valence-corrected chi connectivity index (χ2v) is 5.60. The largest absolute Gasteiger partial charge is 0.479 e. The van der Waals surface area contributed by atoms with Gasteiger partial charge in [-0.3, -0.25) is 4.79 Å². The molecule has 1 aliphatic rings. The van der Waals surface area contributed by atoms with E-state index >= 15 is 0 Å². The molecule has 0 aliphatic carbocycles. The van der Waals surface area contributed by atoms with E-state index in [0.717, 1.165) is 11.1 Å². The Balaban J connectivity index is 2.05. The molecule has 0 saturated heterocycles. The summed E-state index contributed by atoms with van der Waals surface area (Å²) in [5.74, 6) is -0.686. The highest BCUT2D eigenvalue weighted by Gasteiger charge is 2.32. The monoisotopic (exact) mass is 311 g/mol. The molecular weight excluding hydrogens is 294 g/mol. The van der Waals surface area contributed by atoms with E-state index in [2.05, 4.69) is 0 Å². The number of hydrogen-bond donors (Lipinski definition) is 1. The number of carboxylic acids is 1. The second kappa shape index (κ2) is 5.76. The Bertz CT molecular complexity index is 784. The van der Waals surface area contributed by atoms with Gasteiger partial charge in [-0.2, -0.15) is 0 Å². The van der Waals surface area contributed by atoms with Crippen molar-refractivity contribution in [2.75, 3.05) is 4.90 Å². The Hall–Kier alpha value is -2.82. The molecule has 1 unspecified atom stereocenters. The summed E-state index contributed by atoms with van der Waals surface area (Å²) in [5.41, 5.74) is 2.72. The van der Waals surface area contributed by atoms with Crippen molar-refractivity contribution < 1.29 is 19.4 Å². The highest BCUT2D eigenvalue weighted by molar-refractivity contribution is 6.01. The van der Waals surface area contributed by atoms with Gasteiger partial charge in [0.2, 0.25) is 0 Å². The Morgan fingerprint density at radius 2 is 2.00 bits per heavy atom. The van der Waals surface area contributed by atoms with Gasteiger partial charge >= 0.3 is 5.97 Å². The van der Waals surface area contributed by atoms with Crippen molar-refractivity contribution in [2.45, 2.75) is 26.5 Å². The van der Waals surface area contributed by atoms with Crippen molar-refractivity contribution in [1.29, 1.82) is 0 Å². The molecule has 2 aromatic rings. The first kappa shape index (κ1) is 15.1. The van der Waals surface area contributed by atoms with Crippen molar-refractivity contribution in [1.82, 2.24) is 0 Å². The quantitative estimate of drug-likeness (QED) is 0.946. The summed E-state index contributed by atoms with van der Waals surface area (Å²) in [7, 11) is 0. The molecule has 5 heteroatoms. The van der Waals surface area contributed by atoms with E-state index in [1.54, 1.807) is 17.9 Å². The van der Waals surface area contributed by atoms with Crippen LogP contribution in [0.15, 0.2) is 42.5 Å². The van der Waals surface area contributed by atoms with Crippen LogP contribution in [0.25, 0.3) is 0 Å². The molecule has 1 amide bonds. The third-order valence-corrected chi connectivity index (χ3v) is 4.00. The van der Waals surface area contributed by atoms with E-state index in [9.17, 15) is 14.7 Å². The summed E-state index contributed by atoms with van der Waals surface area (Å²) >= 11 is 0. The fourth-order valence-electron chi connectivity index (χ4n) is 2.66. The van der Waals surface area contributed by atoms with Crippen LogP contribution in [0.3, 0.4) is 0 Å². The van der Waals surface area contributed by atoms with Crippen LogP contribution in [0.5, 0.6) is 5.75 Å². The number of ether oxygens (including phenoxy) is 1. The number of carboxylic acid groups (broad SMARTS) is 1. The molecule has 0 radical (unpaired) electrons. The van der Waals surface area contributed by atoms with Gasteiger partial charge in [0.15, 0.2) is 6.10 Å². The lowest BCUT2D eigenvalue weighted by Gasteiger charge is -2.33. The molecule has 5 nitrogen and oxygen atoms in total. The van der Waals surface area contributed by atoms with Crippen LogP contribution >= 0.6 is 0 Å². The van der Waals surface area contributed by atoms with E-state index in [-0.39, 0.29) is 11.5 Å². The topological polar surface area (TPSA) is 66.8 Å². The maximum absolute atomic E-state index is 12.5. The van der Waals surface area contributed by atoms with Crippen LogP contribution in [0.1, 0.15) is 28.4 Å². The van der Waals surface area contributed by atoms with Gasteiger partial charge < -0.3 is 14.7 Å². The molecule has 1 aliphatic heterocycles. The average Bonchev–Trinajstić information content (AvgIpc) is 2.53. The van der Waals surface area contributed by atoms with Gasteiger partial charge in [0.25, 0.3) is 5.91 Å². The van der Waals surface area contributed by atoms with Gasteiger partial charge in [-0.05, 0) is 43.2 Å². The van der Waals surface area contributed by atoms with Gasteiger partial charge in [-0.25, -0.2) is 4.79 Å². The van der Waals surface area contributed by atoms with Crippen LogP contribution < -0.4 is 9.64 Å². The maximum atomic E-state index is 12.5. The normalized spacial score (nSPS) is 16.7. The minimum absolute atomic E-state index is 0.129. The number of aryl methyl sites for hydroxylation is 1. The lowest BCUT2D eigenvalue weighted by atomic mass is 10.1. The lowest BCUT2D eigenvalue weighted by Crippen LogP contribution is -2.44. The summed E-state index contributed by atoms with van der Waals surface area (Å²) in [5, 5.41) is 9.18. The lowest BCUT2D eigenvalue weighted by molar-refractivity contribution is -0.125. The molecule has 1 N–H and O–H groups in total. The van der Waals surface area contributed by atoms with Crippen LogP contribution in [0.2, 0.25) is 0 Å². The molecule has 0 spiro atoms. The van der Waals surface area contributed by atoms with Crippen LogP contribution in [-0.4, -0.2) is 23.1 Å². The zero-order valence-corrected chi connectivity index (χ0v) is 12.9. The molecule has 1 heterocycles. The van der Waals surface area contributed by atoms with E-state index in [1.807, 2.05) is 31.2 Å². The predicted molar refractivity (Wildman–Crippen MR) is 85.9 cm³/mol. The van der Waals surface area contributed by atoms with Gasteiger partial charge in [0.05, 0.1) is 17.8 Å². The zero-order chi connectivity index (χ0) is 16.6. The first-order valence-electron chi connectivity index (χ1n) is 7.37. The molecule has 23 heavy (non-hydrogen) atoms. The zero-order valence-electron chi connectivity index (χ0n) is 12.9. The van der Waals surface area contributed by atoms with Crippen molar-refractivity contribution in [3.8, 4) is 5.75 Å². The number of amides is 1. The standard InChI is InChI=1S/C18H17NO4/c1-11-5-3-4-6-14(11)10-19-15-9-13(18(21)22)7-8-16(15)23-12(2)17(19)20/h3-9,12H,10H2,1-2H3,(H,21,22). The molecule has 118 valence electrons. The average molecular weight is 311 g/mol. The third-order valence-electron chi connectivity index (χ3n) is 4.00. The van der Waals surface area contributed by atoms with Gasteiger partial charge in [0.1, 0.15) is 5.75 Å². The number of nitrogens with zero attached hydrogens (tertiary/aromatic N) is 1. The van der Waals surface area contributed by atoms with Crippen LogP contribution in [0.4, 0.5) is 5.69 Å². The fraction of sp³-hybridized carbons (Fsp3) is 0.222. The number of anilines is 1. The third kappa shape index (κ3) is 2.77. The smallest absolute Gasteiger partial charge is 0.335 e. The Labute approximate surface area is 134 Å². The van der Waals surface area contributed by atoms with Crippen molar-refractivity contribution >= 4 is 17.6 Å². The van der Waals surface area contributed by atoms with Crippen molar-refractivity contribution in [3.63, 3.8) is 0 Å². The first-order chi connectivity index (χ1) is 11.0. The highest BCUT2D eigenvalue weighted by Crippen LogP contribution is 2.36. The maximum Gasteiger partial charge on any atom is 0.335 e. The summed E-state index contributed by atoms with van der Waals surface area (Å²) in [6.45, 7) is 4.06. The number of carbonyl (C=O) groups is 2. The Morgan fingerprint density at radius 1 is 1.26 bits per heavy atom. The molecular formula is C18H17NO4. The number of hydrogen-bond acceptors (Lipinski definition) is 3. The summed E-state index contributed by atoms with van der Waals surface area (Å²) in [6.07, 6.45) is -0.595. The Morgan fingerprint density at radius 3 is 2.70 bits per heavy atom. The molecule has 0 saturated carbocycles. The summed E-state index contributed by atoms with van der Waals surface area (Å²) in [6, 6.07) is 12.4. The van der Waals surface area contributed by atoms with E-state index in [0.29, 0.717) is 18.0 Å². The molecule has 3 rings (SSSR count). The number of carbonyl (C=O) groups excluding carboxylic acids is 1. The van der Waals surface area contributed by atoms with Crippen LogP contribution in [0, 0.1) is 6.92 Å². The van der Waals surface area contributed by atoms with E-state index < -0.39 is 12.1 Å². The molecule has 0 fully saturated rings. The predicted octanol–water partition coefficient (Wildman–Crippen LogP) is 3.01. The molecule has 0 aromatic heterocycles. The minimum atomic E-state index is -1.03. The molecule has 2 aromatic carbocycles. The molecule has 1 atom stereocenters. The number of benzene rings is 2. The second-order valence-electron chi connectivity index (χ2n) is 5.60. The number of rotatable bonds is 3. The number of fused-ring (bicyclic) bond motifs is 1. The van der Waals surface area contributed by atoms with E-state index in [4.69, 9.17) is 4.74 Å². The van der Waals surface area contributed by atoms with Crippen molar-refractivity contribution in [3.05, 3.63) is 59.2 Å². The first-order valence-corrected chi connectivity index (χ1v) is 7.37. The Kier molecular flexibility index (Phi) is 3.78. The van der Waals surface area contributed by atoms with Gasteiger partial charge in [0, 0.05) is 0 Å². The molecule has 0 bridgehead atoms. The summed E-state index contributed by atoms with van der Waals surface area (Å²) in [4.78, 5) is 25.3. The summed E-state index contributed by atoms with van der Waals surface area (Å²) < 4.78 is 5.59. The van der Waals surface area contributed by atoms with Gasteiger partial charge in [-0.15, -0.1) is 0 Å². The fourth-order valence-corrected chi connectivity index (χ4v) is 2.66. The minimum Gasteiger partial charge on any atom is -0.479 e. The highest BCUT2D eigenvalue weighted by atomic mass is 16.5. The van der Waals surface area contributed by atoms with Crippen LogP contribution in [-0.2, 0) is 11.3 Å².